The molecule has 0 bridgehead atoms. The summed E-state index contributed by atoms with van der Waals surface area (Å²) in [6.45, 7) is 6.08. The van der Waals surface area contributed by atoms with Crippen LogP contribution in [0.3, 0.4) is 0 Å². The maximum Gasteiger partial charge on any atom is 0.244 e. The van der Waals surface area contributed by atoms with E-state index in [2.05, 4.69) is 11.2 Å². The number of Topliss-reactive ketones (excluding diaryl/α,β-unsaturated/α-hetero) is 1. The van der Waals surface area contributed by atoms with Crippen molar-refractivity contribution < 1.29 is 14.3 Å². The first-order valence-corrected chi connectivity index (χ1v) is 9.40. The molecule has 6 heteroatoms. The predicted molar refractivity (Wildman–Crippen MR) is 103 cm³/mol. The Labute approximate surface area is 160 Å². The molecule has 0 N–H and O–H groups in total. The van der Waals surface area contributed by atoms with E-state index >= 15 is 0 Å². The third-order valence-corrected chi connectivity index (χ3v) is 5.32. The van der Waals surface area contributed by atoms with E-state index in [1.807, 2.05) is 36.9 Å². The summed E-state index contributed by atoms with van der Waals surface area (Å²) >= 11 is 0. The van der Waals surface area contributed by atoms with Crippen LogP contribution < -0.4 is 4.74 Å². The number of hydrogen-bond acceptors (Lipinski definition) is 4. The van der Waals surface area contributed by atoms with Crippen molar-refractivity contribution in [2.24, 2.45) is 0 Å². The number of ketones is 1. The summed E-state index contributed by atoms with van der Waals surface area (Å²) in [6, 6.07) is 7.98. The smallest absolute Gasteiger partial charge is 0.244 e. The van der Waals surface area contributed by atoms with Gasteiger partial charge in [-0.25, -0.2) is 0 Å². The van der Waals surface area contributed by atoms with Crippen molar-refractivity contribution >= 4 is 11.7 Å². The number of ether oxygens (including phenoxy) is 1. The Hall–Kier alpha value is -2.63. The third-order valence-electron chi connectivity index (χ3n) is 5.32. The Morgan fingerprint density at radius 1 is 1.26 bits per heavy atom. The fourth-order valence-electron chi connectivity index (χ4n) is 4.00. The second-order valence-corrected chi connectivity index (χ2v) is 7.13. The van der Waals surface area contributed by atoms with Crippen LogP contribution in [0.4, 0.5) is 0 Å². The van der Waals surface area contributed by atoms with Crippen LogP contribution >= 0.6 is 0 Å². The summed E-state index contributed by atoms with van der Waals surface area (Å²) in [5.41, 5.74) is 3.14. The summed E-state index contributed by atoms with van der Waals surface area (Å²) < 4.78 is 7.00. The highest BCUT2D eigenvalue weighted by Crippen LogP contribution is 2.32. The van der Waals surface area contributed by atoms with Gasteiger partial charge in [-0.3, -0.25) is 14.3 Å². The van der Waals surface area contributed by atoms with Crippen LogP contribution in [0.5, 0.6) is 5.75 Å². The number of carbonyl (C=O) groups is 2. The molecule has 27 heavy (non-hydrogen) atoms. The fraction of sp³-hybridized carbons (Fsp3) is 0.476. The van der Waals surface area contributed by atoms with Crippen molar-refractivity contribution in [3.63, 3.8) is 0 Å². The van der Waals surface area contributed by atoms with Gasteiger partial charge in [0.1, 0.15) is 12.3 Å². The SMILES string of the molecule is COc1cccc([C@H]2CCCCN2C(=O)Cn2nc(C)c(C(C)=O)c2C)c1. The number of carbonyl (C=O) groups excluding carboxylic acids is 2. The molecule has 3 rings (SSSR count). The molecular formula is C21H27N3O3. The molecule has 0 saturated carbocycles. The van der Waals surface area contributed by atoms with Gasteiger partial charge >= 0.3 is 0 Å². The quantitative estimate of drug-likeness (QED) is 0.757. The number of aryl methyl sites for hydroxylation is 1. The maximum atomic E-state index is 13.1. The molecule has 1 fully saturated rings. The molecule has 0 spiro atoms. The Morgan fingerprint density at radius 2 is 2.04 bits per heavy atom. The van der Waals surface area contributed by atoms with E-state index in [1.165, 1.54) is 6.92 Å². The van der Waals surface area contributed by atoms with Crippen LogP contribution in [-0.4, -0.2) is 40.0 Å². The molecule has 1 amide bonds. The minimum absolute atomic E-state index is 0.0177. The van der Waals surface area contributed by atoms with Gasteiger partial charge in [0, 0.05) is 12.2 Å². The Morgan fingerprint density at radius 3 is 2.70 bits per heavy atom. The van der Waals surface area contributed by atoms with E-state index in [1.54, 1.807) is 11.8 Å². The van der Waals surface area contributed by atoms with Crippen LogP contribution in [0.1, 0.15) is 59.5 Å². The molecule has 144 valence electrons. The largest absolute Gasteiger partial charge is 0.497 e. The highest BCUT2D eigenvalue weighted by Gasteiger charge is 2.29. The first-order valence-electron chi connectivity index (χ1n) is 9.40. The highest BCUT2D eigenvalue weighted by atomic mass is 16.5. The van der Waals surface area contributed by atoms with Crippen LogP contribution in [0.2, 0.25) is 0 Å². The molecule has 1 aliphatic heterocycles. The van der Waals surface area contributed by atoms with Gasteiger partial charge in [0.15, 0.2) is 5.78 Å². The molecule has 2 aromatic rings. The summed E-state index contributed by atoms with van der Waals surface area (Å²) in [4.78, 5) is 26.9. The number of likely N-dealkylation sites (tertiary alicyclic amines) is 1. The molecule has 0 unspecified atom stereocenters. The average Bonchev–Trinajstić information content (AvgIpc) is 2.95. The predicted octanol–water partition coefficient (Wildman–Crippen LogP) is 3.46. The van der Waals surface area contributed by atoms with Crippen molar-refractivity contribution in [2.45, 2.75) is 52.6 Å². The molecular weight excluding hydrogens is 342 g/mol. The molecule has 0 aliphatic carbocycles. The summed E-state index contributed by atoms with van der Waals surface area (Å²) in [7, 11) is 1.65. The van der Waals surface area contributed by atoms with Crippen molar-refractivity contribution in [3.05, 3.63) is 46.8 Å². The average molecular weight is 369 g/mol. The molecule has 1 aliphatic rings. The first kappa shape index (κ1) is 19.1. The summed E-state index contributed by atoms with van der Waals surface area (Å²) in [5.74, 6) is 0.814. The Bertz CT molecular complexity index is 856. The number of hydrogen-bond donors (Lipinski definition) is 0. The highest BCUT2D eigenvalue weighted by molar-refractivity contribution is 5.96. The van der Waals surface area contributed by atoms with Crippen LogP contribution in [0.15, 0.2) is 24.3 Å². The zero-order valence-electron chi connectivity index (χ0n) is 16.5. The molecule has 0 radical (unpaired) electrons. The third kappa shape index (κ3) is 3.89. The monoisotopic (exact) mass is 369 g/mol. The number of methoxy groups -OCH3 is 1. The lowest BCUT2D eigenvalue weighted by Gasteiger charge is -2.36. The lowest BCUT2D eigenvalue weighted by Crippen LogP contribution is -2.40. The number of rotatable bonds is 5. The van der Waals surface area contributed by atoms with E-state index in [9.17, 15) is 9.59 Å². The lowest BCUT2D eigenvalue weighted by atomic mass is 9.95. The normalized spacial score (nSPS) is 17.0. The Balaban J connectivity index is 1.84. The van der Waals surface area contributed by atoms with E-state index in [0.717, 1.165) is 42.8 Å². The second-order valence-electron chi connectivity index (χ2n) is 7.13. The van der Waals surface area contributed by atoms with Gasteiger partial charge < -0.3 is 9.64 Å². The zero-order valence-corrected chi connectivity index (χ0v) is 16.5. The van der Waals surface area contributed by atoms with Gasteiger partial charge in [-0.15, -0.1) is 0 Å². The first-order chi connectivity index (χ1) is 12.9. The van der Waals surface area contributed by atoms with Gasteiger partial charge in [-0.1, -0.05) is 12.1 Å². The standard InChI is InChI=1S/C21H27N3O3/c1-14-21(16(3)25)15(2)24(22-14)13-20(26)23-11-6-5-10-19(23)17-8-7-9-18(12-17)27-4/h7-9,12,19H,5-6,10-11,13H2,1-4H3/t19-/m1/s1. The molecule has 1 aromatic carbocycles. The minimum Gasteiger partial charge on any atom is -0.497 e. The number of amides is 1. The van der Waals surface area contributed by atoms with Crippen LogP contribution in [0, 0.1) is 13.8 Å². The van der Waals surface area contributed by atoms with Crippen molar-refractivity contribution in [2.75, 3.05) is 13.7 Å². The lowest BCUT2D eigenvalue weighted by molar-refractivity contribution is -0.136. The second kappa shape index (κ2) is 7.94. The van der Waals surface area contributed by atoms with Gasteiger partial charge in [-0.2, -0.15) is 5.10 Å². The molecule has 1 saturated heterocycles. The van der Waals surface area contributed by atoms with E-state index in [0.29, 0.717) is 11.3 Å². The van der Waals surface area contributed by atoms with Gasteiger partial charge in [0.2, 0.25) is 5.91 Å². The van der Waals surface area contributed by atoms with Gasteiger partial charge in [0.05, 0.1) is 24.4 Å². The van der Waals surface area contributed by atoms with E-state index < -0.39 is 0 Å². The van der Waals surface area contributed by atoms with Gasteiger partial charge in [-0.05, 0) is 57.7 Å². The fourth-order valence-corrected chi connectivity index (χ4v) is 4.00. The van der Waals surface area contributed by atoms with Crippen molar-refractivity contribution in [1.29, 1.82) is 0 Å². The number of nitrogens with zero attached hydrogens (tertiary/aromatic N) is 3. The molecule has 6 nitrogen and oxygen atoms in total. The zero-order chi connectivity index (χ0) is 19.6. The van der Waals surface area contributed by atoms with E-state index in [4.69, 9.17) is 4.74 Å². The summed E-state index contributed by atoms with van der Waals surface area (Å²) in [6.07, 6.45) is 3.04. The molecule has 1 atom stereocenters. The molecule has 2 heterocycles. The minimum atomic E-state index is -0.0177. The maximum absolute atomic E-state index is 13.1. The van der Waals surface area contributed by atoms with Crippen LogP contribution in [-0.2, 0) is 11.3 Å². The number of aromatic nitrogens is 2. The number of piperidine rings is 1. The topological polar surface area (TPSA) is 64.4 Å². The molecule has 1 aromatic heterocycles. The van der Waals surface area contributed by atoms with Crippen molar-refractivity contribution in [3.8, 4) is 5.75 Å². The number of benzene rings is 1. The summed E-state index contributed by atoms with van der Waals surface area (Å²) in [5, 5.41) is 4.42. The Kier molecular flexibility index (Phi) is 5.63. The van der Waals surface area contributed by atoms with Crippen molar-refractivity contribution in [1.82, 2.24) is 14.7 Å². The van der Waals surface area contributed by atoms with Gasteiger partial charge in [0.25, 0.3) is 0 Å². The van der Waals surface area contributed by atoms with E-state index in [-0.39, 0.29) is 24.3 Å². The van der Waals surface area contributed by atoms with Crippen LogP contribution in [0.25, 0.3) is 0 Å².